The second-order valence-electron chi connectivity index (χ2n) is 5.87. The van der Waals surface area contributed by atoms with Gasteiger partial charge in [-0.05, 0) is 37.6 Å². The fourth-order valence-electron chi connectivity index (χ4n) is 3.41. The van der Waals surface area contributed by atoms with Gasteiger partial charge in [-0.2, -0.15) is 0 Å². The van der Waals surface area contributed by atoms with Crippen molar-refractivity contribution in [3.8, 4) is 0 Å². The van der Waals surface area contributed by atoms with Gasteiger partial charge in [0.2, 0.25) is 0 Å². The van der Waals surface area contributed by atoms with Gasteiger partial charge in [-0.25, -0.2) is 0 Å². The molecule has 0 amide bonds. The van der Waals surface area contributed by atoms with Crippen LogP contribution in [-0.4, -0.2) is 18.6 Å². The Morgan fingerprint density at radius 3 is 2.69 bits per heavy atom. The maximum Gasteiger partial charge on any atom is 0.0332 e. The molecule has 0 spiro atoms. The van der Waals surface area contributed by atoms with E-state index in [2.05, 4.69) is 12.2 Å². The summed E-state index contributed by atoms with van der Waals surface area (Å²) in [5.74, 6) is 1.84. The van der Waals surface area contributed by atoms with Crippen molar-refractivity contribution in [1.82, 2.24) is 5.32 Å². The minimum absolute atomic E-state index is 0.280. The highest BCUT2D eigenvalue weighted by Gasteiger charge is 2.38. The van der Waals surface area contributed by atoms with E-state index in [1.54, 1.807) is 0 Å². The Balaban J connectivity index is 1.85. The first-order valence-electron chi connectivity index (χ1n) is 7.26. The molecular weight excluding hydrogens is 196 g/mol. The number of nitrogens with two attached hydrogens (primary N) is 1. The normalized spacial score (nSPS) is 35.2. The third-order valence-corrected chi connectivity index (χ3v) is 4.79. The molecule has 16 heavy (non-hydrogen) atoms. The van der Waals surface area contributed by atoms with Crippen LogP contribution in [0.2, 0.25) is 0 Å². The number of hydrogen-bond donors (Lipinski definition) is 2. The van der Waals surface area contributed by atoms with Crippen LogP contribution in [0.1, 0.15) is 58.3 Å². The second kappa shape index (κ2) is 5.50. The molecule has 2 aliphatic carbocycles. The zero-order chi connectivity index (χ0) is 11.4. The Morgan fingerprint density at radius 2 is 2.06 bits per heavy atom. The van der Waals surface area contributed by atoms with Crippen LogP contribution in [0.5, 0.6) is 0 Å². The number of hydrogen-bond acceptors (Lipinski definition) is 2. The first kappa shape index (κ1) is 12.4. The SMILES string of the molecule is CCC1CCCCC1(CN)NCCC1CC1. The predicted molar refractivity (Wildman–Crippen MR) is 69.4 cm³/mol. The van der Waals surface area contributed by atoms with Gasteiger partial charge in [-0.1, -0.05) is 39.0 Å². The lowest BCUT2D eigenvalue weighted by atomic mass is 9.71. The van der Waals surface area contributed by atoms with Crippen LogP contribution in [0, 0.1) is 11.8 Å². The van der Waals surface area contributed by atoms with Crippen molar-refractivity contribution in [2.75, 3.05) is 13.1 Å². The largest absolute Gasteiger partial charge is 0.329 e. The van der Waals surface area contributed by atoms with Crippen molar-refractivity contribution < 1.29 is 0 Å². The standard InChI is InChI=1S/C14H28N2/c1-2-13-5-3-4-9-14(13,11-15)16-10-8-12-6-7-12/h12-13,16H,2-11,15H2,1H3. The van der Waals surface area contributed by atoms with E-state index in [0.29, 0.717) is 0 Å². The van der Waals surface area contributed by atoms with Crippen molar-refractivity contribution in [3.05, 3.63) is 0 Å². The predicted octanol–water partition coefficient (Wildman–Crippen LogP) is 2.67. The van der Waals surface area contributed by atoms with Crippen molar-refractivity contribution in [3.63, 3.8) is 0 Å². The van der Waals surface area contributed by atoms with E-state index < -0.39 is 0 Å². The average Bonchev–Trinajstić information content (AvgIpc) is 3.13. The molecule has 2 fully saturated rings. The summed E-state index contributed by atoms with van der Waals surface area (Å²) in [6.45, 7) is 4.34. The molecule has 2 aliphatic rings. The molecule has 0 bridgehead atoms. The lowest BCUT2D eigenvalue weighted by Crippen LogP contribution is -2.58. The molecule has 0 aromatic rings. The summed E-state index contributed by atoms with van der Waals surface area (Å²) in [6.07, 6.45) is 11.0. The third-order valence-electron chi connectivity index (χ3n) is 4.79. The van der Waals surface area contributed by atoms with Gasteiger partial charge < -0.3 is 11.1 Å². The Kier molecular flexibility index (Phi) is 4.26. The Bertz CT molecular complexity index is 213. The molecule has 0 radical (unpaired) electrons. The van der Waals surface area contributed by atoms with E-state index in [1.807, 2.05) is 0 Å². The Morgan fingerprint density at radius 1 is 1.25 bits per heavy atom. The van der Waals surface area contributed by atoms with Gasteiger partial charge in [0.1, 0.15) is 0 Å². The highest BCUT2D eigenvalue weighted by Crippen LogP contribution is 2.36. The van der Waals surface area contributed by atoms with Gasteiger partial charge in [0.25, 0.3) is 0 Å². The van der Waals surface area contributed by atoms with Crippen LogP contribution >= 0.6 is 0 Å². The van der Waals surface area contributed by atoms with Crippen molar-refractivity contribution in [2.24, 2.45) is 17.6 Å². The van der Waals surface area contributed by atoms with E-state index in [1.165, 1.54) is 57.9 Å². The van der Waals surface area contributed by atoms with E-state index in [9.17, 15) is 0 Å². The van der Waals surface area contributed by atoms with E-state index in [-0.39, 0.29) is 5.54 Å². The van der Waals surface area contributed by atoms with Gasteiger partial charge in [0.15, 0.2) is 0 Å². The fraction of sp³-hybridized carbons (Fsp3) is 1.00. The van der Waals surface area contributed by atoms with Crippen LogP contribution in [0.4, 0.5) is 0 Å². The fourth-order valence-corrected chi connectivity index (χ4v) is 3.41. The molecule has 2 unspecified atom stereocenters. The van der Waals surface area contributed by atoms with E-state index in [4.69, 9.17) is 5.73 Å². The topological polar surface area (TPSA) is 38.0 Å². The summed E-state index contributed by atoms with van der Waals surface area (Å²) in [5.41, 5.74) is 6.35. The molecule has 2 atom stereocenters. The van der Waals surface area contributed by atoms with Gasteiger partial charge >= 0.3 is 0 Å². The Hall–Kier alpha value is -0.0800. The van der Waals surface area contributed by atoms with Crippen LogP contribution in [0.3, 0.4) is 0 Å². The molecule has 94 valence electrons. The number of rotatable bonds is 6. The molecule has 2 rings (SSSR count). The maximum atomic E-state index is 6.07. The first-order valence-corrected chi connectivity index (χ1v) is 7.26. The minimum Gasteiger partial charge on any atom is -0.329 e. The zero-order valence-electron chi connectivity index (χ0n) is 10.8. The monoisotopic (exact) mass is 224 g/mol. The van der Waals surface area contributed by atoms with Gasteiger partial charge in [-0.15, -0.1) is 0 Å². The molecule has 0 aromatic heterocycles. The van der Waals surface area contributed by atoms with Crippen LogP contribution in [0.15, 0.2) is 0 Å². The number of nitrogens with one attached hydrogen (secondary N) is 1. The van der Waals surface area contributed by atoms with E-state index >= 15 is 0 Å². The second-order valence-corrected chi connectivity index (χ2v) is 5.87. The highest BCUT2D eigenvalue weighted by molar-refractivity contribution is 4.97. The molecule has 0 heterocycles. The molecule has 3 N–H and O–H groups in total. The molecule has 0 saturated heterocycles. The summed E-state index contributed by atoms with van der Waals surface area (Å²) in [7, 11) is 0. The molecule has 2 nitrogen and oxygen atoms in total. The molecule has 0 aromatic carbocycles. The van der Waals surface area contributed by atoms with Crippen LogP contribution in [-0.2, 0) is 0 Å². The van der Waals surface area contributed by atoms with Crippen molar-refractivity contribution >= 4 is 0 Å². The Labute approximate surface area is 100 Å². The molecule has 2 heteroatoms. The summed E-state index contributed by atoms with van der Waals surface area (Å²) in [6, 6.07) is 0. The molecular formula is C14H28N2. The summed E-state index contributed by atoms with van der Waals surface area (Å²) >= 11 is 0. The zero-order valence-corrected chi connectivity index (χ0v) is 10.8. The van der Waals surface area contributed by atoms with E-state index in [0.717, 1.165) is 18.4 Å². The van der Waals surface area contributed by atoms with Crippen molar-refractivity contribution in [2.45, 2.75) is 63.8 Å². The first-order chi connectivity index (χ1) is 7.80. The smallest absolute Gasteiger partial charge is 0.0332 e. The van der Waals surface area contributed by atoms with Crippen molar-refractivity contribution in [1.29, 1.82) is 0 Å². The van der Waals surface area contributed by atoms with Gasteiger partial charge in [-0.3, -0.25) is 0 Å². The summed E-state index contributed by atoms with van der Waals surface area (Å²) < 4.78 is 0. The lowest BCUT2D eigenvalue weighted by molar-refractivity contribution is 0.143. The quantitative estimate of drug-likeness (QED) is 0.728. The minimum atomic E-state index is 0.280. The molecule has 0 aliphatic heterocycles. The average molecular weight is 224 g/mol. The van der Waals surface area contributed by atoms with Crippen LogP contribution in [0.25, 0.3) is 0 Å². The lowest BCUT2D eigenvalue weighted by Gasteiger charge is -2.44. The van der Waals surface area contributed by atoms with Crippen LogP contribution < -0.4 is 11.1 Å². The molecule has 2 saturated carbocycles. The highest BCUT2D eigenvalue weighted by atomic mass is 15.0. The van der Waals surface area contributed by atoms with Gasteiger partial charge in [0, 0.05) is 12.1 Å². The summed E-state index contributed by atoms with van der Waals surface area (Å²) in [5, 5.41) is 3.83. The maximum absolute atomic E-state index is 6.07. The third kappa shape index (κ3) is 2.78. The van der Waals surface area contributed by atoms with Gasteiger partial charge in [0.05, 0.1) is 0 Å². The summed E-state index contributed by atoms with van der Waals surface area (Å²) in [4.78, 5) is 0.